The number of esters is 1. The monoisotopic (exact) mass is 323 g/mol. The molecule has 10 heteroatoms. The van der Waals surface area contributed by atoms with E-state index in [0.29, 0.717) is 5.17 Å². The number of likely N-dealkylation sites (N-methyl/N-ethyl adjacent to an activating group) is 1. The minimum Gasteiger partial charge on any atom is -0.466 e. The number of imidazole rings is 1. The van der Waals surface area contributed by atoms with Crippen molar-refractivity contribution in [3.63, 3.8) is 0 Å². The predicted octanol–water partition coefficient (Wildman–Crippen LogP) is 0.0189. The zero-order chi connectivity index (χ0) is 16.3. The van der Waals surface area contributed by atoms with Crippen LogP contribution in [-0.4, -0.2) is 59.0 Å². The molecule has 9 nitrogen and oxygen atoms in total. The molecule has 0 bridgehead atoms. The largest absolute Gasteiger partial charge is 0.466 e. The number of methoxy groups -OCH3 is 1. The Hall–Kier alpha value is -2.62. The van der Waals surface area contributed by atoms with Gasteiger partial charge in [-0.2, -0.15) is 0 Å². The fourth-order valence-electron chi connectivity index (χ4n) is 1.57. The van der Waals surface area contributed by atoms with Crippen LogP contribution in [0.1, 0.15) is 10.5 Å². The summed E-state index contributed by atoms with van der Waals surface area (Å²) < 4.78 is 4.49. The highest BCUT2D eigenvalue weighted by atomic mass is 32.2. The molecule has 0 atom stereocenters. The van der Waals surface area contributed by atoms with Crippen LogP contribution in [0, 0.1) is 0 Å². The molecule has 0 aliphatic carbocycles. The van der Waals surface area contributed by atoms with Gasteiger partial charge in [-0.3, -0.25) is 14.5 Å². The lowest BCUT2D eigenvalue weighted by molar-refractivity contribution is -0.135. The molecule has 1 aliphatic heterocycles. The van der Waals surface area contributed by atoms with Crippen molar-refractivity contribution in [2.75, 3.05) is 21.2 Å². The van der Waals surface area contributed by atoms with Gasteiger partial charge in [0.2, 0.25) is 0 Å². The number of aliphatic imine (C=N–C) groups is 1. The number of amides is 2. The zero-order valence-corrected chi connectivity index (χ0v) is 12.9. The van der Waals surface area contributed by atoms with E-state index in [0.717, 1.165) is 17.8 Å². The molecule has 2 amide bonds. The van der Waals surface area contributed by atoms with Gasteiger partial charge in [-0.05, 0) is 11.8 Å². The van der Waals surface area contributed by atoms with E-state index in [1.165, 1.54) is 32.4 Å². The molecule has 2 rings (SSSR count). The first-order valence-electron chi connectivity index (χ1n) is 6.07. The molecule has 0 saturated carbocycles. The van der Waals surface area contributed by atoms with Crippen molar-refractivity contribution in [2.45, 2.75) is 0 Å². The number of H-pyrrole nitrogens is 1. The van der Waals surface area contributed by atoms with Crippen LogP contribution in [0.25, 0.3) is 0 Å². The molecule has 1 saturated heterocycles. The fourth-order valence-corrected chi connectivity index (χ4v) is 2.50. The smallest absolute Gasteiger partial charge is 0.331 e. The van der Waals surface area contributed by atoms with Crippen LogP contribution in [0.15, 0.2) is 22.3 Å². The number of thioether (sulfide) groups is 1. The number of amidine groups is 1. The Morgan fingerprint density at radius 2 is 2.27 bits per heavy atom. The Morgan fingerprint density at radius 3 is 2.91 bits per heavy atom. The molecule has 0 aromatic carbocycles. The maximum absolute atomic E-state index is 12.0. The van der Waals surface area contributed by atoms with E-state index in [-0.39, 0.29) is 28.2 Å². The molecule has 2 heterocycles. The molecule has 0 radical (unpaired) electrons. The minimum absolute atomic E-state index is 0.154. The van der Waals surface area contributed by atoms with Crippen LogP contribution in [-0.2, 0) is 14.3 Å². The molecular formula is C12H13N5O4S. The topological polar surface area (TPSA) is 117 Å². The second-order valence-electron chi connectivity index (χ2n) is 4.07. The lowest BCUT2D eigenvalue weighted by Gasteiger charge is -2.06. The summed E-state index contributed by atoms with van der Waals surface area (Å²) >= 11 is 0.998. The molecule has 2 N–H and O–H groups in total. The maximum Gasteiger partial charge on any atom is 0.331 e. The Bertz CT molecular complexity index is 693. The van der Waals surface area contributed by atoms with Gasteiger partial charge in [0.15, 0.2) is 16.7 Å². The van der Waals surface area contributed by atoms with Gasteiger partial charge >= 0.3 is 5.97 Å². The van der Waals surface area contributed by atoms with E-state index in [1.807, 2.05) is 0 Å². The van der Waals surface area contributed by atoms with Crippen LogP contribution in [0.3, 0.4) is 0 Å². The second kappa shape index (κ2) is 6.43. The number of hydrogen-bond acceptors (Lipinski definition) is 7. The lowest BCUT2D eigenvalue weighted by atomic mass is 10.4. The number of carbonyl (C=O) groups excluding carboxylic acids is 3. The Balaban J connectivity index is 2.32. The van der Waals surface area contributed by atoms with Gasteiger partial charge in [-0.15, -0.1) is 0 Å². The average Bonchev–Trinajstić information content (AvgIpc) is 3.07. The molecule has 1 aliphatic rings. The summed E-state index contributed by atoms with van der Waals surface area (Å²) in [7, 11) is 4.22. The third-order valence-electron chi connectivity index (χ3n) is 2.73. The average molecular weight is 323 g/mol. The molecule has 1 fully saturated rings. The van der Waals surface area contributed by atoms with Crippen molar-refractivity contribution in [1.29, 1.82) is 0 Å². The first-order valence-corrected chi connectivity index (χ1v) is 6.89. The third kappa shape index (κ3) is 3.01. The van der Waals surface area contributed by atoms with Crippen LogP contribution in [0.2, 0.25) is 0 Å². The van der Waals surface area contributed by atoms with Crippen molar-refractivity contribution in [3.05, 3.63) is 23.0 Å². The molecular weight excluding hydrogens is 310 g/mol. The summed E-state index contributed by atoms with van der Waals surface area (Å²) in [5, 5.41) is 2.76. The summed E-state index contributed by atoms with van der Waals surface area (Å²) in [6, 6.07) is 0. The first-order chi connectivity index (χ1) is 10.5. The van der Waals surface area contributed by atoms with Gasteiger partial charge in [0.25, 0.3) is 11.8 Å². The minimum atomic E-state index is -0.628. The number of nitrogens with one attached hydrogen (secondary N) is 2. The predicted molar refractivity (Wildman–Crippen MR) is 79.5 cm³/mol. The van der Waals surface area contributed by atoms with Crippen LogP contribution in [0.5, 0.6) is 0 Å². The van der Waals surface area contributed by atoms with Crippen LogP contribution < -0.4 is 5.32 Å². The van der Waals surface area contributed by atoms with E-state index in [1.54, 1.807) is 0 Å². The highest BCUT2D eigenvalue weighted by Gasteiger charge is 2.31. The van der Waals surface area contributed by atoms with Gasteiger partial charge in [0.1, 0.15) is 0 Å². The molecule has 0 spiro atoms. The zero-order valence-electron chi connectivity index (χ0n) is 12.0. The van der Waals surface area contributed by atoms with Crippen molar-refractivity contribution in [3.8, 4) is 0 Å². The van der Waals surface area contributed by atoms with E-state index in [4.69, 9.17) is 0 Å². The summed E-state index contributed by atoms with van der Waals surface area (Å²) in [5.41, 5.74) is 0.182. The fraction of sp³-hybridized carbons (Fsp3) is 0.250. The van der Waals surface area contributed by atoms with Gasteiger partial charge in [0, 0.05) is 20.2 Å². The van der Waals surface area contributed by atoms with Gasteiger partial charge in [-0.25, -0.2) is 14.8 Å². The Labute approximate surface area is 129 Å². The van der Waals surface area contributed by atoms with Gasteiger partial charge in [-0.1, -0.05) is 0 Å². The maximum atomic E-state index is 12.0. The Morgan fingerprint density at radius 1 is 1.55 bits per heavy atom. The summed E-state index contributed by atoms with van der Waals surface area (Å²) in [6.07, 6.45) is 2.42. The van der Waals surface area contributed by atoms with Crippen molar-refractivity contribution >= 4 is 40.5 Å². The van der Waals surface area contributed by atoms with Crippen molar-refractivity contribution in [1.82, 2.24) is 20.2 Å². The quantitative estimate of drug-likeness (QED) is 0.598. The highest BCUT2D eigenvalue weighted by molar-refractivity contribution is 8.18. The number of carbonyl (C=O) groups is 3. The van der Waals surface area contributed by atoms with Crippen molar-refractivity contribution in [2.24, 2.45) is 4.99 Å². The standard InChI is InChI=1S/C12H13N5O4S/c1-13-10(19)8-9(15-5-14-8)16-12-17(2)11(20)6(22-12)4-7(18)21-3/h4-5H,1-3H3,(H,13,19)(H,14,15)/b6-4+,16-12-. The van der Waals surface area contributed by atoms with Gasteiger partial charge < -0.3 is 15.0 Å². The third-order valence-corrected chi connectivity index (χ3v) is 3.79. The van der Waals surface area contributed by atoms with E-state index < -0.39 is 5.97 Å². The molecule has 116 valence electrons. The number of rotatable bonds is 3. The molecule has 0 unspecified atom stereocenters. The number of hydrogen-bond donors (Lipinski definition) is 2. The molecule has 22 heavy (non-hydrogen) atoms. The van der Waals surface area contributed by atoms with E-state index in [9.17, 15) is 14.4 Å². The second-order valence-corrected chi connectivity index (χ2v) is 5.08. The van der Waals surface area contributed by atoms with E-state index >= 15 is 0 Å². The number of aromatic amines is 1. The van der Waals surface area contributed by atoms with E-state index in [2.05, 4.69) is 25.0 Å². The van der Waals surface area contributed by atoms with Crippen LogP contribution in [0.4, 0.5) is 5.82 Å². The highest BCUT2D eigenvalue weighted by Crippen LogP contribution is 2.31. The van der Waals surface area contributed by atoms with Gasteiger partial charge in [0.05, 0.1) is 18.3 Å². The molecule has 1 aromatic rings. The summed E-state index contributed by atoms with van der Waals surface area (Å²) in [4.78, 5) is 47.2. The normalized spacial score (nSPS) is 18.1. The molecule has 1 aromatic heterocycles. The number of ether oxygens (including phenoxy) is 1. The van der Waals surface area contributed by atoms with Crippen molar-refractivity contribution < 1.29 is 19.1 Å². The SMILES string of the molecule is CNC(=O)c1[nH]cnc1/N=C1\S/C(=C/C(=O)OC)C(=O)N1C. The summed E-state index contributed by atoms with van der Waals surface area (Å²) in [6.45, 7) is 0. The number of aromatic nitrogens is 2. The first kappa shape index (κ1) is 15.8. The van der Waals surface area contributed by atoms with Crippen LogP contribution >= 0.6 is 11.8 Å². The summed E-state index contributed by atoms with van der Waals surface area (Å²) in [5.74, 6) is -1.23. The number of nitrogens with zero attached hydrogens (tertiary/aromatic N) is 3. The Kier molecular flexibility index (Phi) is 4.61. The lowest BCUT2D eigenvalue weighted by Crippen LogP contribution is -2.24.